The Hall–Kier alpha value is -0.860. The fourth-order valence-corrected chi connectivity index (χ4v) is 2.61. The SMILES string of the molecule is CC1(C)CN(CCc2ccccc2)CCC1N. The Labute approximate surface area is 105 Å². The first-order valence-electron chi connectivity index (χ1n) is 6.60. The molecule has 1 saturated heterocycles. The molecule has 0 aromatic heterocycles. The van der Waals surface area contributed by atoms with Gasteiger partial charge in [-0.15, -0.1) is 0 Å². The van der Waals surface area contributed by atoms with Crippen molar-refractivity contribution in [1.29, 1.82) is 0 Å². The van der Waals surface area contributed by atoms with Gasteiger partial charge >= 0.3 is 0 Å². The van der Waals surface area contributed by atoms with E-state index in [4.69, 9.17) is 5.73 Å². The van der Waals surface area contributed by atoms with Gasteiger partial charge in [0.05, 0.1) is 0 Å². The number of rotatable bonds is 3. The second-order valence-corrected chi connectivity index (χ2v) is 5.90. The maximum Gasteiger partial charge on any atom is 0.0115 e. The Morgan fingerprint density at radius 3 is 2.65 bits per heavy atom. The summed E-state index contributed by atoms with van der Waals surface area (Å²) < 4.78 is 0. The lowest BCUT2D eigenvalue weighted by Gasteiger charge is -2.42. The summed E-state index contributed by atoms with van der Waals surface area (Å²) in [7, 11) is 0. The third kappa shape index (κ3) is 3.30. The van der Waals surface area contributed by atoms with Crippen LogP contribution in [-0.4, -0.2) is 30.6 Å². The van der Waals surface area contributed by atoms with Gasteiger partial charge in [0, 0.05) is 19.1 Å². The molecule has 1 aliphatic rings. The van der Waals surface area contributed by atoms with Crippen LogP contribution in [0.4, 0.5) is 0 Å². The molecule has 0 saturated carbocycles. The van der Waals surface area contributed by atoms with E-state index in [0.29, 0.717) is 6.04 Å². The molecule has 2 nitrogen and oxygen atoms in total. The summed E-state index contributed by atoms with van der Waals surface area (Å²) in [5.41, 5.74) is 7.84. The smallest absolute Gasteiger partial charge is 0.0115 e. The molecule has 94 valence electrons. The van der Waals surface area contributed by atoms with E-state index in [1.54, 1.807) is 0 Å². The van der Waals surface area contributed by atoms with E-state index in [9.17, 15) is 0 Å². The van der Waals surface area contributed by atoms with E-state index in [1.165, 1.54) is 5.56 Å². The minimum absolute atomic E-state index is 0.259. The van der Waals surface area contributed by atoms with Gasteiger partial charge < -0.3 is 10.6 Å². The van der Waals surface area contributed by atoms with Crippen molar-refractivity contribution in [3.05, 3.63) is 35.9 Å². The van der Waals surface area contributed by atoms with Gasteiger partial charge in [-0.05, 0) is 30.4 Å². The molecule has 1 aromatic carbocycles. The standard InChI is InChI=1S/C15H24N2/c1-15(2)12-17(11-9-14(15)16)10-8-13-6-4-3-5-7-13/h3-7,14H,8-12,16H2,1-2H3. The fraction of sp³-hybridized carbons (Fsp3) is 0.600. The van der Waals surface area contributed by atoms with Crippen molar-refractivity contribution in [3.8, 4) is 0 Å². The first kappa shape index (κ1) is 12.6. The number of hydrogen-bond acceptors (Lipinski definition) is 2. The van der Waals surface area contributed by atoms with Gasteiger partial charge in [0.2, 0.25) is 0 Å². The largest absolute Gasteiger partial charge is 0.327 e. The average molecular weight is 232 g/mol. The van der Waals surface area contributed by atoms with Crippen LogP contribution in [0.1, 0.15) is 25.8 Å². The molecule has 1 atom stereocenters. The molecule has 1 aliphatic heterocycles. The van der Waals surface area contributed by atoms with Crippen LogP contribution in [0.5, 0.6) is 0 Å². The molecular formula is C15H24N2. The van der Waals surface area contributed by atoms with E-state index in [-0.39, 0.29) is 5.41 Å². The zero-order chi connectivity index (χ0) is 12.3. The van der Waals surface area contributed by atoms with Crippen LogP contribution < -0.4 is 5.73 Å². The zero-order valence-corrected chi connectivity index (χ0v) is 11.0. The van der Waals surface area contributed by atoms with Crippen molar-refractivity contribution in [2.24, 2.45) is 11.1 Å². The van der Waals surface area contributed by atoms with Gasteiger partial charge in [-0.3, -0.25) is 0 Å². The second-order valence-electron chi connectivity index (χ2n) is 5.90. The number of benzene rings is 1. The fourth-order valence-electron chi connectivity index (χ4n) is 2.61. The van der Waals surface area contributed by atoms with E-state index in [2.05, 4.69) is 49.1 Å². The quantitative estimate of drug-likeness (QED) is 0.866. The average Bonchev–Trinajstić information content (AvgIpc) is 2.32. The van der Waals surface area contributed by atoms with Crippen molar-refractivity contribution < 1.29 is 0 Å². The Morgan fingerprint density at radius 1 is 1.29 bits per heavy atom. The molecule has 2 N–H and O–H groups in total. The van der Waals surface area contributed by atoms with Crippen LogP contribution in [-0.2, 0) is 6.42 Å². The van der Waals surface area contributed by atoms with Gasteiger partial charge in [0.15, 0.2) is 0 Å². The minimum Gasteiger partial charge on any atom is -0.327 e. The first-order chi connectivity index (χ1) is 8.08. The number of piperidine rings is 1. The Balaban J connectivity index is 1.85. The molecular weight excluding hydrogens is 208 g/mol. The minimum atomic E-state index is 0.259. The molecule has 1 fully saturated rings. The van der Waals surface area contributed by atoms with Crippen molar-refractivity contribution in [2.75, 3.05) is 19.6 Å². The highest BCUT2D eigenvalue weighted by Gasteiger charge is 2.32. The molecule has 2 heteroatoms. The number of hydrogen-bond donors (Lipinski definition) is 1. The van der Waals surface area contributed by atoms with Crippen molar-refractivity contribution in [1.82, 2.24) is 4.90 Å². The lowest BCUT2D eigenvalue weighted by molar-refractivity contribution is 0.0965. The predicted molar refractivity (Wildman–Crippen MR) is 73.0 cm³/mol. The molecule has 0 bridgehead atoms. The highest BCUT2D eigenvalue weighted by molar-refractivity contribution is 5.14. The van der Waals surface area contributed by atoms with Crippen molar-refractivity contribution in [3.63, 3.8) is 0 Å². The summed E-state index contributed by atoms with van der Waals surface area (Å²) in [6.45, 7) is 8.00. The Kier molecular flexibility index (Phi) is 3.85. The molecule has 0 spiro atoms. The summed E-state index contributed by atoms with van der Waals surface area (Å²) in [5.74, 6) is 0. The topological polar surface area (TPSA) is 29.3 Å². The Bertz CT molecular complexity index is 345. The molecule has 1 unspecified atom stereocenters. The van der Waals surface area contributed by atoms with E-state index < -0.39 is 0 Å². The van der Waals surface area contributed by atoms with Gasteiger partial charge in [0.1, 0.15) is 0 Å². The summed E-state index contributed by atoms with van der Waals surface area (Å²) in [5, 5.41) is 0. The summed E-state index contributed by atoms with van der Waals surface area (Å²) in [6.07, 6.45) is 2.27. The molecule has 0 aliphatic carbocycles. The van der Waals surface area contributed by atoms with Gasteiger partial charge in [-0.2, -0.15) is 0 Å². The number of likely N-dealkylation sites (tertiary alicyclic amines) is 1. The maximum absolute atomic E-state index is 6.16. The Morgan fingerprint density at radius 2 is 2.00 bits per heavy atom. The third-order valence-electron chi connectivity index (χ3n) is 3.95. The molecule has 2 rings (SSSR count). The molecule has 0 amide bonds. The van der Waals surface area contributed by atoms with E-state index in [1.807, 2.05) is 0 Å². The van der Waals surface area contributed by atoms with Crippen LogP contribution in [0.25, 0.3) is 0 Å². The first-order valence-corrected chi connectivity index (χ1v) is 6.60. The van der Waals surface area contributed by atoms with Crippen LogP contribution >= 0.6 is 0 Å². The van der Waals surface area contributed by atoms with E-state index in [0.717, 1.165) is 32.5 Å². The summed E-state index contributed by atoms with van der Waals surface area (Å²) >= 11 is 0. The van der Waals surface area contributed by atoms with Gasteiger partial charge in [-0.25, -0.2) is 0 Å². The van der Waals surface area contributed by atoms with Gasteiger partial charge in [-0.1, -0.05) is 44.2 Å². The zero-order valence-electron chi connectivity index (χ0n) is 11.0. The summed E-state index contributed by atoms with van der Waals surface area (Å²) in [4.78, 5) is 2.55. The van der Waals surface area contributed by atoms with Gasteiger partial charge in [0.25, 0.3) is 0 Å². The molecule has 17 heavy (non-hydrogen) atoms. The monoisotopic (exact) mass is 232 g/mol. The highest BCUT2D eigenvalue weighted by atomic mass is 15.1. The highest BCUT2D eigenvalue weighted by Crippen LogP contribution is 2.27. The third-order valence-corrected chi connectivity index (χ3v) is 3.95. The number of nitrogens with zero attached hydrogens (tertiary/aromatic N) is 1. The maximum atomic E-state index is 6.16. The van der Waals surface area contributed by atoms with Crippen LogP contribution in [0.15, 0.2) is 30.3 Å². The van der Waals surface area contributed by atoms with E-state index >= 15 is 0 Å². The van der Waals surface area contributed by atoms with Crippen molar-refractivity contribution >= 4 is 0 Å². The predicted octanol–water partition coefficient (Wildman–Crippen LogP) is 2.29. The van der Waals surface area contributed by atoms with Crippen LogP contribution in [0.3, 0.4) is 0 Å². The van der Waals surface area contributed by atoms with Crippen LogP contribution in [0, 0.1) is 5.41 Å². The molecule has 0 radical (unpaired) electrons. The lowest BCUT2D eigenvalue weighted by Crippen LogP contribution is -2.52. The molecule has 1 aromatic rings. The van der Waals surface area contributed by atoms with Crippen molar-refractivity contribution in [2.45, 2.75) is 32.7 Å². The lowest BCUT2D eigenvalue weighted by atomic mass is 9.79. The summed E-state index contributed by atoms with van der Waals surface area (Å²) in [6, 6.07) is 11.1. The molecule has 1 heterocycles. The second kappa shape index (κ2) is 5.19. The van der Waals surface area contributed by atoms with Crippen LogP contribution in [0.2, 0.25) is 0 Å². The normalized spacial score (nSPS) is 24.8. The number of nitrogens with two attached hydrogens (primary N) is 1.